The van der Waals surface area contributed by atoms with Crippen LogP contribution in [0.2, 0.25) is 0 Å². The van der Waals surface area contributed by atoms with E-state index in [9.17, 15) is 29.1 Å². The van der Waals surface area contributed by atoms with Gasteiger partial charge in [0.1, 0.15) is 23.9 Å². The van der Waals surface area contributed by atoms with Gasteiger partial charge in [-0.3, -0.25) is 24.0 Å². The molecule has 260 valence electrons. The second-order valence-corrected chi connectivity index (χ2v) is 12.9. The number of aliphatic hydroxyl groups excluding tert-OH is 1. The lowest BCUT2D eigenvalue weighted by molar-refractivity contribution is -0.132. The summed E-state index contributed by atoms with van der Waals surface area (Å²) in [6, 6.07) is 3.18. The van der Waals surface area contributed by atoms with Gasteiger partial charge in [-0.05, 0) is 68.2 Å². The first-order valence-corrected chi connectivity index (χ1v) is 16.4. The fraction of sp³-hybridized carbons (Fsp3) is 0.676. The second kappa shape index (κ2) is 20.5. The van der Waals surface area contributed by atoms with Gasteiger partial charge >= 0.3 is 0 Å². The van der Waals surface area contributed by atoms with Crippen molar-refractivity contribution in [1.29, 1.82) is 0 Å². The zero-order valence-electron chi connectivity index (χ0n) is 29.1. The van der Waals surface area contributed by atoms with E-state index in [4.69, 9.17) is 4.74 Å². The molecule has 12 nitrogen and oxygen atoms in total. The van der Waals surface area contributed by atoms with Crippen molar-refractivity contribution in [2.24, 2.45) is 17.8 Å². The predicted molar refractivity (Wildman–Crippen MR) is 178 cm³/mol. The zero-order valence-corrected chi connectivity index (χ0v) is 29.1. The van der Waals surface area contributed by atoms with Crippen molar-refractivity contribution in [2.45, 2.75) is 118 Å². The molecule has 0 aliphatic rings. The van der Waals surface area contributed by atoms with Gasteiger partial charge in [-0.1, -0.05) is 54.9 Å². The smallest absolute Gasteiger partial charge is 0.251 e. The number of nitrogens with one attached hydrogen (secondary N) is 5. The number of hydrogen-bond acceptors (Lipinski definition) is 7. The van der Waals surface area contributed by atoms with Crippen LogP contribution in [0.3, 0.4) is 0 Å². The Morgan fingerprint density at radius 2 is 1.35 bits per heavy atom. The normalized spacial score (nSPS) is 14.5. The van der Waals surface area contributed by atoms with E-state index < -0.39 is 53.9 Å². The molecule has 0 radical (unpaired) electrons. The van der Waals surface area contributed by atoms with E-state index in [0.29, 0.717) is 43.5 Å². The number of carbonyl (C=O) groups is 5. The van der Waals surface area contributed by atoms with Crippen molar-refractivity contribution in [3.63, 3.8) is 0 Å². The standard InChI is InChI=1S/C34H57N5O7/c1-10-12-25(36-33(44)27(18-21(5)6)38-31(42)23-13-15-24(46-9)16-14-23)32(43)37-26(17-20(3)4)28(40)19-29(41)39-30(22(7)8)34(45)35-11-2/h13-16,20-22,25-28,30,40H,10-12,17-19H2,1-9H3,(H,35,45)(H,36,44)(H,37,43)(H,38,42)(H,39,41)/t25-,26-,27-,28-,30-/m0/s1. The third kappa shape index (κ3) is 14.2. The van der Waals surface area contributed by atoms with E-state index >= 15 is 0 Å². The average Bonchev–Trinajstić information content (AvgIpc) is 2.98. The fourth-order valence-electron chi connectivity index (χ4n) is 5.00. The van der Waals surface area contributed by atoms with Gasteiger partial charge in [-0.15, -0.1) is 0 Å². The van der Waals surface area contributed by atoms with E-state index in [1.54, 1.807) is 31.2 Å². The van der Waals surface area contributed by atoms with E-state index in [1.807, 2.05) is 48.5 Å². The monoisotopic (exact) mass is 647 g/mol. The van der Waals surface area contributed by atoms with Crippen molar-refractivity contribution in [1.82, 2.24) is 26.6 Å². The highest BCUT2D eigenvalue weighted by molar-refractivity contribution is 5.98. The van der Waals surface area contributed by atoms with Gasteiger partial charge in [0, 0.05) is 12.1 Å². The fourth-order valence-corrected chi connectivity index (χ4v) is 5.00. The maximum Gasteiger partial charge on any atom is 0.251 e. The van der Waals surface area contributed by atoms with Crippen LogP contribution in [0.5, 0.6) is 5.75 Å². The van der Waals surface area contributed by atoms with Crippen molar-refractivity contribution in [3.8, 4) is 5.75 Å². The minimum atomic E-state index is -1.23. The first-order valence-electron chi connectivity index (χ1n) is 16.4. The van der Waals surface area contributed by atoms with Gasteiger partial charge in [0.15, 0.2) is 0 Å². The summed E-state index contributed by atoms with van der Waals surface area (Å²) < 4.78 is 5.15. The molecule has 0 heterocycles. The summed E-state index contributed by atoms with van der Waals surface area (Å²) in [5, 5.41) is 24.9. The molecule has 0 saturated heterocycles. The maximum absolute atomic E-state index is 13.5. The molecule has 0 aromatic heterocycles. The van der Waals surface area contributed by atoms with Crippen LogP contribution in [0.4, 0.5) is 0 Å². The number of rotatable bonds is 20. The summed E-state index contributed by atoms with van der Waals surface area (Å²) in [7, 11) is 1.53. The van der Waals surface area contributed by atoms with Crippen LogP contribution in [0.15, 0.2) is 24.3 Å². The molecule has 1 aromatic rings. The first-order chi connectivity index (χ1) is 21.6. The maximum atomic E-state index is 13.5. The summed E-state index contributed by atoms with van der Waals surface area (Å²) in [4.78, 5) is 65.3. The molecule has 0 fully saturated rings. The second-order valence-electron chi connectivity index (χ2n) is 12.9. The number of benzene rings is 1. The number of likely N-dealkylation sites (N-methyl/N-ethyl adjacent to an activating group) is 1. The number of carbonyl (C=O) groups excluding carboxylic acids is 5. The topological polar surface area (TPSA) is 175 Å². The Kier molecular flexibility index (Phi) is 17.9. The summed E-state index contributed by atoms with van der Waals surface area (Å²) in [6.45, 7) is 15.5. The van der Waals surface area contributed by atoms with Gasteiger partial charge in [-0.2, -0.15) is 0 Å². The molecule has 1 rings (SSSR count). The Labute approximate surface area is 274 Å². The van der Waals surface area contributed by atoms with Crippen molar-refractivity contribution >= 4 is 29.5 Å². The third-order valence-corrected chi connectivity index (χ3v) is 7.42. The molecular weight excluding hydrogens is 590 g/mol. The molecule has 0 spiro atoms. The Bertz CT molecular complexity index is 1120. The minimum absolute atomic E-state index is 0.0737. The van der Waals surface area contributed by atoms with Crippen molar-refractivity contribution in [2.75, 3.05) is 13.7 Å². The molecule has 0 aliphatic carbocycles. The number of hydrogen-bond donors (Lipinski definition) is 6. The number of ether oxygens (including phenoxy) is 1. The average molecular weight is 648 g/mol. The largest absolute Gasteiger partial charge is 0.497 e. The molecule has 0 bridgehead atoms. The van der Waals surface area contributed by atoms with Crippen molar-refractivity contribution < 1.29 is 33.8 Å². The summed E-state index contributed by atoms with van der Waals surface area (Å²) in [5.74, 6) is -1.65. The van der Waals surface area contributed by atoms with E-state index in [2.05, 4.69) is 26.6 Å². The molecule has 5 amide bonds. The Hall–Kier alpha value is -3.67. The Morgan fingerprint density at radius 3 is 1.85 bits per heavy atom. The van der Waals surface area contributed by atoms with Gasteiger partial charge in [-0.25, -0.2) is 0 Å². The molecule has 0 unspecified atom stereocenters. The Morgan fingerprint density at radius 1 is 0.761 bits per heavy atom. The van der Waals surface area contributed by atoms with Crippen LogP contribution in [0, 0.1) is 17.8 Å². The quantitative estimate of drug-likeness (QED) is 0.126. The third-order valence-electron chi connectivity index (χ3n) is 7.42. The SMILES string of the molecule is CCC[C@H](NC(=O)[C@H](CC(C)C)NC(=O)c1ccc(OC)cc1)C(=O)N[C@@H](CC(C)C)[C@@H](O)CC(=O)N[C@H](C(=O)NCC)C(C)C. The molecule has 1 aromatic carbocycles. The van der Waals surface area contributed by atoms with E-state index in [-0.39, 0.29) is 30.1 Å². The molecule has 46 heavy (non-hydrogen) atoms. The van der Waals surface area contributed by atoms with Crippen LogP contribution in [-0.2, 0) is 19.2 Å². The van der Waals surface area contributed by atoms with Gasteiger partial charge < -0.3 is 36.4 Å². The van der Waals surface area contributed by atoms with Crippen LogP contribution in [0.25, 0.3) is 0 Å². The van der Waals surface area contributed by atoms with Gasteiger partial charge in [0.25, 0.3) is 5.91 Å². The van der Waals surface area contributed by atoms with Crippen LogP contribution < -0.4 is 31.3 Å². The van der Waals surface area contributed by atoms with Crippen LogP contribution >= 0.6 is 0 Å². The van der Waals surface area contributed by atoms with Crippen LogP contribution in [-0.4, -0.2) is 78.6 Å². The van der Waals surface area contributed by atoms with Crippen LogP contribution in [0.1, 0.15) is 97.9 Å². The lowest BCUT2D eigenvalue weighted by Crippen LogP contribution is -2.57. The Balaban J connectivity index is 3.05. The molecule has 5 atom stereocenters. The predicted octanol–water partition coefficient (Wildman–Crippen LogP) is 2.68. The highest BCUT2D eigenvalue weighted by atomic mass is 16.5. The molecule has 0 aliphatic heterocycles. The molecule has 0 saturated carbocycles. The molecular formula is C34H57N5O7. The summed E-state index contributed by atoms with van der Waals surface area (Å²) >= 11 is 0. The highest BCUT2D eigenvalue weighted by Crippen LogP contribution is 2.15. The minimum Gasteiger partial charge on any atom is -0.497 e. The van der Waals surface area contributed by atoms with Gasteiger partial charge in [0.2, 0.25) is 23.6 Å². The van der Waals surface area contributed by atoms with E-state index in [1.165, 1.54) is 7.11 Å². The lowest BCUT2D eigenvalue weighted by Gasteiger charge is -2.29. The van der Waals surface area contributed by atoms with E-state index in [0.717, 1.165) is 0 Å². The molecule has 6 N–H and O–H groups in total. The number of amides is 5. The highest BCUT2D eigenvalue weighted by Gasteiger charge is 2.32. The summed E-state index contributed by atoms with van der Waals surface area (Å²) in [6.07, 6.45) is 0.0899. The first kappa shape index (κ1) is 40.4. The number of aliphatic hydroxyl groups is 1. The molecule has 12 heteroatoms. The lowest BCUT2D eigenvalue weighted by atomic mass is 9.95. The van der Waals surface area contributed by atoms with Gasteiger partial charge in [0.05, 0.1) is 25.7 Å². The summed E-state index contributed by atoms with van der Waals surface area (Å²) in [5.41, 5.74) is 0.366. The van der Waals surface area contributed by atoms with Crippen molar-refractivity contribution in [3.05, 3.63) is 29.8 Å². The number of methoxy groups -OCH3 is 1. The zero-order chi connectivity index (χ0) is 35.0.